The zero-order chi connectivity index (χ0) is 15.9. The van der Waals surface area contributed by atoms with E-state index >= 15 is 0 Å². The number of hydrogen-bond donors (Lipinski definition) is 1. The number of nitro benzene ring substituents is 1. The number of aromatic hydroxyl groups is 1. The second-order valence-electron chi connectivity index (χ2n) is 4.59. The maximum Gasteiger partial charge on any atom is 0.336 e. The minimum absolute atomic E-state index is 0.269. The Bertz CT molecular complexity index is 782. The molecule has 2 aromatic rings. The summed E-state index contributed by atoms with van der Waals surface area (Å²) in [6.45, 7) is 3.40. The van der Waals surface area contributed by atoms with Crippen molar-refractivity contribution < 1.29 is 14.4 Å². The first-order valence-electron chi connectivity index (χ1n) is 5.91. The van der Waals surface area contributed by atoms with Crippen LogP contribution in [0.5, 0.6) is 5.88 Å². The molecule has 21 heavy (non-hydrogen) atoms. The van der Waals surface area contributed by atoms with E-state index in [1.165, 1.54) is 4.57 Å². The van der Waals surface area contributed by atoms with Crippen molar-refractivity contribution in [1.29, 1.82) is 0 Å². The molecule has 0 radical (unpaired) electrons. The molecule has 9 heteroatoms. The highest BCUT2D eigenvalue weighted by Gasteiger charge is 2.26. The molecule has 0 fully saturated rings. The van der Waals surface area contributed by atoms with Crippen LogP contribution in [0.1, 0.15) is 19.9 Å². The van der Waals surface area contributed by atoms with Crippen LogP contribution in [0.15, 0.2) is 23.1 Å². The Morgan fingerprint density at radius 1 is 1.43 bits per heavy atom. The van der Waals surface area contributed by atoms with Gasteiger partial charge < -0.3 is 5.11 Å². The third kappa shape index (κ3) is 2.38. The van der Waals surface area contributed by atoms with Crippen LogP contribution in [0.3, 0.4) is 0 Å². The van der Waals surface area contributed by atoms with E-state index in [0.29, 0.717) is 4.57 Å². The molecule has 1 heterocycles. The van der Waals surface area contributed by atoms with Crippen molar-refractivity contribution in [3.63, 3.8) is 0 Å². The molecule has 1 aromatic carbocycles. The number of nitro groups is 1. The molecule has 0 bridgehead atoms. The van der Waals surface area contributed by atoms with Crippen LogP contribution in [-0.4, -0.2) is 19.2 Å². The molecule has 0 spiro atoms. The van der Waals surface area contributed by atoms with Crippen LogP contribution in [0.25, 0.3) is 5.69 Å². The topological polar surface area (TPSA) is 90.3 Å². The zero-order valence-corrected chi connectivity index (χ0v) is 11.8. The molecule has 0 aliphatic carbocycles. The van der Waals surface area contributed by atoms with E-state index in [0.717, 1.165) is 18.3 Å². The summed E-state index contributed by atoms with van der Waals surface area (Å²) in [5.41, 5.74) is -2.09. The molecule has 7 nitrogen and oxygen atoms in total. The number of aromatic nitrogens is 2. The number of nitrogens with zero attached hydrogens (tertiary/aromatic N) is 3. The molecule has 0 amide bonds. The van der Waals surface area contributed by atoms with Crippen molar-refractivity contribution in [2.75, 3.05) is 0 Å². The zero-order valence-electron chi connectivity index (χ0n) is 11.1. The standard InChI is InChI=1S/C12H11ClFN3O4/c1-6(2)15-5-9(18)16(12(15)19)8-4-3-7(13)11(10(8)14)17(20)21/h3-6,18H,1-2H3. The lowest BCUT2D eigenvalue weighted by Crippen LogP contribution is -2.25. The summed E-state index contributed by atoms with van der Waals surface area (Å²) in [4.78, 5) is 22.0. The van der Waals surface area contributed by atoms with E-state index in [9.17, 15) is 24.4 Å². The van der Waals surface area contributed by atoms with Crippen molar-refractivity contribution in [1.82, 2.24) is 9.13 Å². The monoisotopic (exact) mass is 315 g/mol. The highest BCUT2D eigenvalue weighted by atomic mass is 35.5. The van der Waals surface area contributed by atoms with Crippen LogP contribution < -0.4 is 5.69 Å². The number of hydrogen-bond acceptors (Lipinski definition) is 4. The summed E-state index contributed by atoms with van der Waals surface area (Å²) in [5, 5.41) is 20.3. The van der Waals surface area contributed by atoms with Crippen LogP contribution in [0.4, 0.5) is 10.1 Å². The van der Waals surface area contributed by atoms with Gasteiger partial charge in [-0.15, -0.1) is 0 Å². The van der Waals surface area contributed by atoms with Gasteiger partial charge in [-0.1, -0.05) is 11.6 Å². The average molecular weight is 316 g/mol. The highest BCUT2D eigenvalue weighted by molar-refractivity contribution is 6.32. The third-order valence-corrected chi connectivity index (χ3v) is 3.23. The quantitative estimate of drug-likeness (QED) is 0.696. The molecule has 0 aliphatic rings. The van der Waals surface area contributed by atoms with Gasteiger partial charge in [0.05, 0.1) is 16.8 Å². The summed E-state index contributed by atoms with van der Waals surface area (Å²) < 4.78 is 16.1. The molecule has 0 aliphatic heterocycles. The fraction of sp³-hybridized carbons (Fsp3) is 0.250. The van der Waals surface area contributed by atoms with Gasteiger partial charge in [0.25, 0.3) is 0 Å². The average Bonchev–Trinajstić information content (AvgIpc) is 2.66. The molecule has 0 atom stereocenters. The molecule has 0 saturated heterocycles. The molecule has 0 unspecified atom stereocenters. The van der Waals surface area contributed by atoms with Crippen molar-refractivity contribution in [2.45, 2.75) is 19.9 Å². The van der Waals surface area contributed by atoms with E-state index in [1.807, 2.05) is 0 Å². The first-order valence-corrected chi connectivity index (χ1v) is 6.29. The normalized spacial score (nSPS) is 11.1. The number of imidazole rings is 1. The summed E-state index contributed by atoms with van der Waals surface area (Å²) in [5.74, 6) is -1.81. The first kappa shape index (κ1) is 15.0. The molecule has 112 valence electrons. The molecular formula is C12H11ClFN3O4. The summed E-state index contributed by atoms with van der Waals surface area (Å²) in [6, 6.07) is 1.92. The molecular weight excluding hydrogens is 305 g/mol. The maximum absolute atomic E-state index is 14.2. The van der Waals surface area contributed by atoms with E-state index in [4.69, 9.17) is 11.6 Å². The van der Waals surface area contributed by atoms with Crippen molar-refractivity contribution >= 4 is 17.3 Å². The molecule has 0 saturated carbocycles. The first-order chi connectivity index (χ1) is 9.75. The van der Waals surface area contributed by atoms with Gasteiger partial charge in [0.2, 0.25) is 11.7 Å². The summed E-state index contributed by atoms with van der Waals surface area (Å²) in [6.07, 6.45) is 1.13. The van der Waals surface area contributed by atoms with E-state index in [-0.39, 0.29) is 6.04 Å². The smallest absolute Gasteiger partial charge is 0.336 e. The fourth-order valence-electron chi connectivity index (χ4n) is 1.92. The Balaban J connectivity index is 2.78. The molecule has 1 N–H and O–H groups in total. The Hall–Kier alpha value is -2.35. The second-order valence-corrected chi connectivity index (χ2v) is 5.00. The van der Waals surface area contributed by atoms with Crippen molar-refractivity contribution in [2.24, 2.45) is 0 Å². The SMILES string of the molecule is CC(C)n1cc(O)n(-c2ccc(Cl)c([N+](=O)[O-])c2F)c1=O. The lowest BCUT2D eigenvalue weighted by atomic mass is 10.2. The predicted molar refractivity (Wildman–Crippen MR) is 73.7 cm³/mol. The van der Waals surface area contributed by atoms with Gasteiger partial charge in [-0.25, -0.2) is 9.36 Å². The Kier molecular flexibility index (Phi) is 3.73. The Labute approximate surface area is 123 Å². The van der Waals surface area contributed by atoms with Gasteiger partial charge in [0.15, 0.2) is 0 Å². The summed E-state index contributed by atoms with van der Waals surface area (Å²) >= 11 is 5.58. The second kappa shape index (κ2) is 5.21. The van der Waals surface area contributed by atoms with E-state index in [1.54, 1.807) is 13.8 Å². The maximum atomic E-state index is 14.2. The van der Waals surface area contributed by atoms with Gasteiger partial charge in [-0.2, -0.15) is 4.39 Å². The van der Waals surface area contributed by atoms with Gasteiger partial charge >= 0.3 is 11.4 Å². The van der Waals surface area contributed by atoms with Crippen molar-refractivity contribution in [3.8, 4) is 11.6 Å². The fourth-order valence-corrected chi connectivity index (χ4v) is 2.13. The van der Waals surface area contributed by atoms with E-state index < -0.39 is 38.7 Å². The minimum atomic E-state index is -1.29. The van der Waals surface area contributed by atoms with Gasteiger partial charge in [0, 0.05) is 6.04 Å². The Morgan fingerprint density at radius 3 is 2.52 bits per heavy atom. The number of halogens is 2. The van der Waals surface area contributed by atoms with Gasteiger partial charge in [-0.3, -0.25) is 14.7 Å². The lowest BCUT2D eigenvalue weighted by molar-refractivity contribution is -0.387. The minimum Gasteiger partial charge on any atom is -0.493 e. The third-order valence-electron chi connectivity index (χ3n) is 2.92. The van der Waals surface area contributed by atoms with Crippen LogP contribution in [0.2, 0.25) is 5.02 Å². The van der Waals surface area contributed by atoms with Crippen LogP contribution >= 0.6 is 11.6 Å². The largest absolute Gasteiger partial charge is 0.493 e. The Morgan fingerprint density at radius 2 is 2.05 bits per heavy atom. The van der Waals surface area contributed by atoms with E-state index in [2.05, 4.69) is 0 Å². The number of rotatable bonds is 3. The summed E-state index contributed by atoms with van der Waals surface area (Å²) in [7, 11) is 0. The number of benzene rings is 1. The predicted octanol–water partition coefficient (Wildman–Crippen LogP) is 2.63. The highest BCUT2D eigenvalue weighted by Crippen LogP contribution is 2.32. The van der Waals surface area contributed by atoms with Crippen LogP contribution in [-0.2, 0) is 0 Å². The van der Waals surface area contributed by atoms with Crippen molar-refractivity contribution in [3.05, 3.63) is 49.8 Å². The lowest BCUT2D eigenvalue weighted by Gasteiger charge is -2.07. The molecule has 1 aromatic heterocycles. The van der Waals surface area contributed by atoms with Gasteiger partial charge in [-0.05, 0) is 26.0 Å². The van der Waals surface area contributed by atoms with Gasteiger partial charge in [0.1, 0.15) is 5.02 Å². The molecule has 2 rings (SSSR count). The van der Waals surface area contributed by atoms with Crippen LogP contribution in [0, 0.1) is 15.9 Å².